The van der Waals surface area contributed by atoms with Crippen LogP contribution in [0.25, 0.3) is 0 Å². The van der Waals surface area contributed by atoms with Crippen LogP contribution in [-0.4, -0.2) is 61.1 Å². The lowest BCUT2D eigenvalue weighted by atomic mass is 10.1. The molecule has 0 bridgehead atoms. The van der Waals surface area contributed by atoms with Crippen LogP contribution in [0.2, 0.25) is 0 Å². The molecule has 7 nitrogen and oxygen atoms in total. The first-order valence-corrected chi connectivity index (χ1v) is 12.5. The number of fused-ring (bicyclic) bond motifs is 1. The minimum atomic E-state index is -0.101. The van der Waals surface area contributed by atoms with E-state index in [-0.39, 0.29) is 49.7 Å². The number of carbonyl (C=O) groups excluding carboxylic acids is 2. The maximum atomic E-state index is 13.4. The lowest BCUT2D eigenvalue weighted by molar-refractivity contribution is -0.145. The Bertz CT molecular complexity index is 989. The van der Waals surface area contributed by atoms with Crippen molar-refractivity contribution in [3.8, 4) is 0 Å². The number of anilines is 1. The number of nitrogens with one attached hydrogen (secondary N) is 2. The molecule has 3 rings (SSSR count). The lowest BCUT2D eigenvalue weighted by Gasteiger charge is -2.32. The highest BCUT2D eigenvalue weighted by Crippen LogP contribution is 2.29. The Morgan fingerprint density at radius 1 is 1.00 bits per heavy atom. The molecule has 2 N–H and O–H groups in total. The summed E-state index contributed by atoms with van der Waals surface area (Å²) in [5.74, 6) is -0.153. The fraction of sp³-hybridized carbons (Fsp3) is 0.462. The number of benzene rings is 2. The summed E-state index contributed by atoms with van der Waals surface area (Å²) in [4.78, 5) is 28.0. The zero-order chi connectivity index (χ0) is 24.8. The van der Waals surface area contributed by atoms with E-state index in [9.17, 15) is 9.59 Å². The number of hydrogen-bond acceptors (Lipinski definition) is 5. The smallest absolute Gasteiger partial charge is 0.256 e. The Morgan fingerprint density at radius 3 is 2.08 bits per heavy atom. The molecule has 36 heavy (non-hydrogen) atoms. The number of halogens is 3. The number of hydrazine groups is 1. The number of rotatable bonds is 10. The summed E-state index contributed by atoms with van der Waals surface area (Å²) in [6, 6.07) is 12.7. The first-order valence-electron chi connectivity index (χ1n) is 11.8. The van der Waals surface area contributed by atoms with E-state index in [0.29, 0.717) is 32.2 Å². The molecule has 2 aromatic carbocycles. The van der Waals surface area contributed by atoms with Crippen molar-refractivity contribution in [3.63, 3.8) is 0 Å². The van der Waals surface area contributed by atoms with Crippen molar-refractivity contribution in [2.24, 2.45) is 0 Å². The standard InChI is InChI=1S/C26H36BrN5O2.2ClH/c1-18(2)28-10-11-29-24(33)16-31(26-19(3)12-23(27)13-20(26)4)17-25(34)30(5)32-14-21-8-6-7-9-22(21)15-32;;/h6-9,12-13,18,28H,10-11,14-17H2,1-5H3,(H,29,33);2*1H. The summed E-state index contributed by atoms with van der Waals surface area (Å²) >= 11 is 3.55. The fourth-order valence-electron chi connectivity index (χ4n) is 4.36. The lowest BCUT2D eigenvalue weighted by Crippen LogP contribution is -2.48. The zero-order valence-electron chi connectivity index (χ0n) is 21.6. The molecule has 0 fully saturated rings. The molecular weight excluding hydrogens is 565 g/mol. The van der Waals surface area contributed by atoms with E-state index in [0.717, 1.165) is 21.3 Å². The van der Waals surface area contributed by atoms with Gasteiger partial charge in [0.1, 0.15) is 0 Å². The number of amides is 2. The number of hydrogen-bond donors (Lipinski definition) is 2. The van der Waals surface area contributed by atoms with Crippen molar-refractivity contribution >= 4 is 58.2 Å². The average Bonchev–Trinajstić information content (AvgIpc) is 3.19. The van der Waals surface area contributed by atoms with Crippen LogP contribution in [0.1, 0.15) is 36.1 Å². The minimum absolute atomic E-state index is 0. The monoisotopic (exact) mass is 601 g/mol. The second-order valence-corrected chi connectivity index (χ2v) is 10.1. The molecule has 1 aliphatic rings. The number of likely N-dealkylation sites (N-methyl/N-ethyl adjacent to an activating group) is 1. The summed E-state index contributed by atoms with van der Waals surface area (Å²) in [5.41, 5.74) is 5.45. The Kier molecular flexibility index (Phi) is 13.2. The third kappa shape index (κ3) is 8.63. The van der Waals surface area contributed by atoms with Crippen molar-refractivity contribution in [1.82, 2.24) is 20.7 Å². The van der Waals surface area contributed by atoms with Crippen LogP contribution in [0.5, 0.6) is 0 Å². The van der Waals surface area contributed by atoms with Crippen LogP contribution in [0.3, 0.4) is 0 Å². The van der Waals surface area contributed by atoms with E-state index in [4.69, 9.17) is 0 Å². The van der Waals surface area contributed by atoms with Crippen molar-refractivity contribution in [3.05, 3.63) is 63.1 Å². The Labute approximate surface area is 235 Å². The third-order valence-corrected chi connectivity index (χ3v) is 6.50. The minimum Gasteiger partial charge on any atom is -0.353 e. The highest BCUT2D eigenvalue weighted by atomic mass is 79.9. The van der Waals surface area contributed by atoms with Gasteiger partial charge in [0.25, 0.3) is 5.91 Å². The molecule has 2 amide bonds. The molecule has 1 aliphatic heterocycles. The van der Waals surface area contributed by atoms with Gasteiger partial charge in [0.15, 0.2) is 0 Å². The van der Waals surface area contributed by atoms with Gasteiger partial charge in [0.2, 0.25) is 5.91 Å². The van der Waals surface area contributed by atoms with Gasteiger partial charge < -0.3 is 15.5 Å². The zero-order valence-corrected chi connectivity index (χ0v) is 24.9. The highest BCUT2D eigenvalue weighted by molar-refractivity contribution is 9.10. The van der Waals surface area contributed by atoms with Crippen molar-refractivity contribution in [2.75, 3.05) is 38.1 Å². The van der Waals surface area contributed by atoms with Gasteiger partial charge in [0, 0.05) is 49.4 Å². The molecule has 10 heteroatoms. The third-order valence-electron chi connectivity index (χ3n) is 6.04. The van der Waals surface area contributed by atoms with Crippen LogP contribution >= 0.6 is 40.7 Å². The molecule has 2 aromatic rings. The molecule has 200 valence electrons. The maximum absolute atomic E-state index is 13.4. The van der Waals surface area contributed by atoms with Gasteiger partial charge >= 0.3 is 0 Å². The van der Waals surface area contributed by atoms with Gasteiger partial charge in [-0.25, -0.2) is 5.01 Å². The van der Waals surface area contributed by atoms with Gasteiger partial charge in [-0.2, -0.15) is 0 Å². The van der Waals surface area contributed by atoms with Gasteiger partial charge in [-0.3, -0.25) is 14.6 Å². The average molecular weight is 603 g/mol. The Morgan fingerprint density at radius 2 is 1.56 bits per heavy atom. The molecule has 0 saturated carbocycles. The largest absolute Gasteiger partial charge is 0.353 e. The topological polar surface area (TPSA) is 67.9 Å². The van der Waals surface area contributed by atoms with Crippen LogP contribution in [-0.2, 0) is 22.7 Å². The Hall–Kier alpha value is -1.84. The van der Waals surface area contributed by atoms with Crippen LogP contribution in [0, 0.1) is 13.8 Å². The maximum Gasteiger partial charge on any atom is 0.256 e. The van der Waals surface area contributed by atoms with Crippen LogP contribution in [0.15, 0.2) is 40.9 Å². The second kappa shape index (κ2) is 14.8. The van der Waals surface area contributed by atoms with E-state index >= 15 is 0 Å². The van der Waals surface area contributed by atoms with Crippen LogP contribution in [0.4, 0.5) is 5.69 Å². The van der Waals surface area contributed by atoms with Gasteiger partial charge in [-0.05, 0) is 48.2 Å². The molecule has 0 radical (unpaired) electrons. The van der Waals surface area contributed by atoms with Crippen molar-refractivity contribution in [1.29, 1.82) is 0 Å². The van der Waals surface area contributed by atoms with E-state index in [2.05, 4.69) is 52.5 Å². The molecule has 0 saturated heterocycles. The van der Waals surface area contributed by atoms with Gasteiger partial charge in [-0.1, -0.05) is 54.0 Å². The second-order valence-electron chi connectivity index (χ2n) is 9.21. The molecule has 0 atom stereocenters. The Balaban J connectivity index is 0.00000324. The number of aryl methyl sites for hydroxylation is 2. The quantitative estimate of drug-likeness (QED) is 0.399. The summed E-state index contributed by atoms with van der Waals surface area (Å²) in [7, 11) is 1.81. The summed E-state index contributed by atoms with van der Waals surface area (Å²) in [5, 5.41) is 10.0. The van der Waals surface area contributed by atoms with Crippen molar-refractivity contribution < 1.29 is 9.59 Å². The fourth-order valence-corrected chi connectivity index (χ4v) is 5.05. The predicted molar refractivity (Wildman–Crippen MR) is 155 cm³/mol. The van der Waals surface area contributed by atoms with Crippen molar-refractivity contribution in [2.45, 2.75) is 46.8 Å². The molecule has 0 spiro atoms. The molecule has 1 heterocycles. The SMILES string of the molecule is Cc1cc(Br)cc(C)c1N(CC(=O)NCCNC(C)C)CC(=O)N(C)N1Cc2ccccc2C1.Cl.Cl. The summed E-state index contributed by atoms with van der Waals surface area (Å²) in [6.45, 7) is 11.1. The molecule has 0 unspecified atom stereocenters. The summed E-state index contributed by atoms with van der Waals surface area (Å²) < 4.78 is 0.980. The van der Waals surface area contributed by atoms with E-state index in [1.54, 1.807) is 5.01 Å². The number of nitrogens with zero attached hydrogens (tertiary/aromatic N) is 3. The molecule has 0 aliphatic carbocycles. The van der Waals surface area contributed by atoms with Crippen LogP contribution < -0.4 is 15.5 Å². The number of carbonyl (C=O) groups is 2. The normalized spacial score (nSPS) is 12.4. The first-order chi connectivity index (χ1) is 16.2. The highest BCUT2D eigenvalue weighted by Gasteiger charge is 2.27. The molecule has 0 aromatic heterocycles. The molecular formula is C26H38BrCl2N5O2. The summed E-state index contributed by atoms with van der Waals surface area (Å²) in [6.07, 6.45) is 0. The van der Waals surface area contributed by atoms with E-state index in [1.165, 1.54) is 11.1 Å². The predicted octanol–water partition coefficient (Wildman–Crippen LogP) is 4.22. The van der Waals surface area contributed by atoms with E-state index < -0.39 is 0 Å². The van der Waals surface area contributed by atoms with Gasteiger partial charge in [-0.15, -0.1) is 24.8 Å². The van der Waals surface area contributed by atoms with E-state index in [1.807, 2.05) is 55.1 Å². The first kappa shape index (κ1) is 32.2. The van der Waals surface area contributed by atoms with Gasteiger partial charge in [0.05, 0.1) is 13.1 Å².